The molecule has 22 heavy (non-hydrogen) atoms. The molecule has 0 aliphatic rings. The van der Waals surface area contributed by atoms with Gasteiger partial charge in [0.15, 0.2) is 10.3 Å². The van der Waals surface area contributed by atoms with E-state index in [0.29, 0.717) is 0 Å². The predicted octanol–water partition coefficient (Wildman–Crippen LogP) is 1.87. The van der Waals surface area contributed by atoms with E-state index >= 15 is 0 Å². The Hall–Kier alpha value is -1.74. The standard InChI is InChI=1S/C13H17N7S2/c1-18-6-10(4-14-18)8-21-12-16-17-13(20(12)3)22-9-11-5-15-19(2)7-11/h4-7H,8-9H2,1-3H3. The van der Waals surface area contributed by atoms with Crippen LogP contribution in [-0.4, -0.2) is 34.3 Å². The molecule has 0 N–H and O–H groups in total. The Bertz CT molecular complexity index is 696. The van der Waals surface area contributed by atoms with E-state index < -0.39 is 0 Å². The number of hydrogen-bond acceptors (Lipinski definition) is 6. The monoisotopic (exact) mass is 335 g/mol. The Morgan fingerprint density at radius 1 is 0.818 bits per heavy atom. The molecule has 7 nitrogen and oxygen atoms in total. The van der Waals surface area contributed by atoms with Gasteiger partial charge in [0.25, 0.3) is 0 Å². The van der Waals surface area contributed by atoms with E-state index in [9.17, 15) is 0 Å². The molecule has 3 heterocycles. The molecule has 0 amide bonds. The highest BCUT2D eigenvalue weighted by atomic mass is 32.2. The summed E-state index contributed by atoms with van der Waals surface area (Å²) in [7, 11) is 5.84. The van der Waals surface area contributed by atoms with Crippen molar-refractivity contribution in [3.05, 3.63) is 35.9 Å². The van der Waals surface area contributed by atoms with Crippen molar-refractivity contribution in [2.45, 2.75) is 21.8 Å². The van der Waals surface area contributed by atoms with E-state index in [4.69, 9.17) is 0 Å². The van der Waals surface area contributed by atoms with Gasteiger partial charge in [-0.3, -0.25) is 9.36 Å². The SMILES string of the molecule is Cn1cc(CSc2nnc(SCc3cnn(C)c3)n2C)cn1. The molecule has 0 aliphatic heterocycles. The zero-order valence-electron chi connectivity index (χ0n) is 12.7. The van der Waals surface area contributed by atoms with E-state index in [1.54, 1.807) is 23.5 Å². The molecule has 3 rings (SSSR count). The van der Waals surface area contributed by atoms with Crippen molar-refractivity contribution in [3.63, 3.8) is 0 Å². The Morgan fingerprint density at radius 3 is 1.64 bits per heavy atom. The molecule has 0 aromatic carbocycles. The average Bonchev–Trinajstić information content (AvgIpc) is 3.17. The first kappa shape index (κ1) is 15.2. The lowest BCUT2D eigenvalue weighted by molar-refractivity contribution is 0.722. The van der Waals surface area contributed by atoms with Crippen molar-refractivity contribution in [2.24, 2.45) is 21.1 Å². The molecule has 0 atom stereocenters. The van der Waals surface area contributed by atoms with Gasteiger partial charge in [-0.1, -0.05) is 23.5 Å². The third-order valence-electron chi connectivity index (χ3n) is 3.05. The van der Waals surface area contributed by atoms with Gasteiger partial charge in [-0.15, -0.1) is 10.2 Å². The summed E-state index contributed by atoms with van der Waals surface area (Å²) in [6.45, 7) is 0. The maximum absolute atomic E-state index is 4.26. The van der Waals surface area contributed by atoms with Crippen LogP contribution < -0.4 is 0 Å². The third kappa shape index (κ3) is 3.53. The fraction of sp³-hybridized carbons (Fsp3) is 0.385. The number of nitrogens with zero attached hydrogens (tertiary/aromatic N) is 7. The number of aryl methyl sites for hydroxylation is 2. The first-order chi connectivity index (χ1) is 10.6. The molecule has 0 aliphatic carbocycles. The number of hydrogen-bond donors (Lipinski definition) is 0. The molecule has 0 saturated heterocycles. The van der Waals surface area contributed by atoms with Crippen LogP contribution >= 0.6 is 23.5 Å². The van der Waals surface area contributed by atoms with Gasteiger partial charge in [-0.25, -0.2) is 0 Å². The minimum Gasteiger partial charge on any atom is -0.300 e. The Labute approximate surface area is 137 Å². The molecule has 0 saturated carbocycles. The average molecular weight is 335 g/mol. The summed E-state index contributed by atoms with van der Waals surface area (Å²) in [5.41, 5.74) is 2.36. The first-order valence-electron chi connectivity index (χ1n) is 6.72. The van der Waals surface area contributed by atoms with Gasteiger partial charge in [0.2, 0.25) is 0 Å². The number of aromatic nitrogens is 7. The highest BCUT2D eigenvalue weighted by molar-refractivity contribution is 7.99. The molecule has 3 aromatic heterocycles. The Kier molecular flexibility index (Phi) is 4.53. The van der Waals surface area contributed by atoms with Gasteiger partial charge in [0.05, 0.1) is 12.4 Å². The van der Waals surface area contributed by atoms with Crippen molar-refractivity contribution >= 4 is 23.5 Å². The van der Waals surface area contributed by atoms with Gasteiger partial charge in [0.1, 0.15) is 0 Å². The van der Waals surface area contributed by atoms with Crippen LogP contribution in [0.1, 0.15) is 11.1 Å². The van der Waals surface area contributed by atoms with Crippen LogP contribution in [0.5, 0.6) is 0 Å². The molecular weight excluding hydrogens is 318 g/mol. The van der Waals surface area contributed by atoms with Crippen molar-refractivity contribution in [1.29, 1.82) is 0 Å². The lowest BCUT2D eigenvalue weighted by atomic mass is 10.4. The van der Waals surface area contributed by atoms with E-state index in [2.05, 4.69) is 20.4 Å². The van der Waals surface area contributed by atoms with Gasteiger partial charge < -0.3 is 4.57 Å². The van der Waals surface area contributed by atoms with Crippen molar-refractivity contribution < 1.29 is 0 Å². The summed E-state index contributed by atoms with van der Waals surface area (Å²) < 4.78 is 5.64. The van der Waals surface area contributed by atoms with Crippen molar-refractivity contribution in [2.75, 3.05) is 0 Å². The van der Waals surface area contributed by atoms with E-state index in [-0.39, 0.29) is 0 Å². The number of thioether (sulfide) groups is 2. The fourth-order valence-electron chi connectivity index (χ4n) is 1.94. The minimum absolute atomic E-state index is 0.840. The van der Waals surface area contributed by atoms with Crippen LogP contribution in [0.2, 0.25) is 0 Å². The molecule has 0 unspecified atom stereocenters. The Balaban J connectivity index is 1.59. The number of rotatable bonds is 6. The van der Waals surface area contributed by atoms with Gasteiger partial charge in [-0.05, 0) is 0 Å². The lowest BCUT2D eigenvalue weighted by Crippen LogP contribution is -1.94. The summed E-state index contributed by atoms with van der Waals surface area (Å²) in [6.07, 6.45) is 7.78. The van der Waals surface area contributed by atoms with Gasteiger partial charge in [-0.2, -0.15) is 10.2 Å². The summed E-state index contributed by atoms with van der Waals surface area (Å²) in [5.74, 6) is 1.68. The van der Waals surface area contributed by atoms with Crippen molar-refractivity contribution in [3.8, 4) is 0 Å². The molecule has 116 valence electrons. The van der Waals surface area contributed by atoms with Crippen LogP contribution in [0.15, 0.2) is 35.1 Å². The van der Waals surface area contributed by atoms with Crippen LogP contribution in [0.3, 0.4) is 0 Å². The smallest absolute Gasteiger partial charge is 0.191 e. The van der Waals surface area contributed by atoms with Crippen LogP contribution in [0, 0.1) is 0 Å². The van der Waals surface area contributed by atoms with E-state index in [0.717, 1.165) is 21.8 Å². The van der Waals surface area contributed by atoms with Crippen LogP contribution in [-0.2, 0) is 32.6 Å². The van der Waals surface area contributed by atoms with E-state index in [1.807, 2.05) is 59.9 Å². The second-order valence-corrected chi connectivity index (χ2v) is 6.83. The van der Waals surface area contributed by atoms with Gasteiger partial charge >= 0.3 is 0 Å². The van der Waals surface area contributed by atoms with Crippen LogP contribution in [0.25, 0.3) is 0 Å². The highest BCUT2D eigenvalue weighted by Crippen LogP contribution is 2.26. The molecule has 0 spiro atoms. The summed E-state index contributed by atoms with van der Waals surface area (Å²) in [4.78, 5) is 0. The summed E-state index contributed by atoms with van der Waals surface area (Å²) in [5, 5.41) is 18.7. The minimum atomic E-state index is 0.840. The molecule has 0 fully saturated rings. The van der Waals surface area contributed by atoms with E-state index in [1.165, 1.54) is 11.1 Å². The molecule has 0 radical (unpaired) electrons. The normalized spacial score (nSPS) is 11.2. The maximum atomic E-state index is 4.26. The summed E-state index contributed by atoms with van der Waals surface area (Å²) >= 11 is 3.33. The zero-order valence-corrected chi connectivity index (χ0v) is 14.3. The quantitative estimate of drug-likeness (QED) is 0.641. The Morgan fingerprint density at radius 2 is 1.27 bits per heavy atom. The molecule has 0 bridgehead atoms. The molecule has 3 aromatic rings. The molecule has 9 heteroatoms. The second kappa shape index (κ2) is 6.57. The molecular formula is C13H17N7S2. The largest absolute Gasteiger partial charge is 0.300 e. The zero-order chi connectivity index (χ0) is 15.5. The predicted molar refractivity (Wildman–Crippen MR) is 86.5 cm³/mol. The second-order valence-electron chi connectivity index (χ2n) is 4.95. The fourth-order valence-corrected chi connectivity index (χ4v) is 3.65. The van der Waals surface area contributed by atoms with Gasteiger partial charge in [0, 0.05) is 56.2 Å². The summed E-state index contributed by atoms with van der Waals surface area (Å²) in [6, 6.07) is 0. The topological polar surface area (TPSA) is 66.3 Å². The maximum Gasteiger partial charge on any atom is 0.191 e. The van der Waals surface area contributed by atoms with Crippen molar-refractivity contribution in [1.82, 2.24) is 34.3 Å². The third-order valence-corrected chi connectivity index (χ3v) is 5.23. The first-order valence-corrected chi connectivity index (χ1v) is 8.69. The highest BCUT2D eigenvalue weighted by Gasteiger charge is 2.11. The van der Waals surface area contributed by atoms with Crippen LogP contribution in [0.4, 0.5) is 0 Å². The lowest BCUT2D eigenvalue weighted by Gasteiger charge is -2.02.